The molecular formula is C22H23N3O2S2. The molecule has 0 radical (unpaired) electrons. The van der Waals surface area contributed by atoms with Gasteiger partial charge in [-0.3, -0.25) is 9.59 Å². The summed E-state index contributed by atoms with van der Waals surface area (Å²) in [5, 5.41) is 7.83. The average Bonchev–Trinajstić information content (AvgIpc) is 3.49. The zero-order valence-electron chi connectivity index (χ0n) is 16.0. The van der Waals surface area contributed by atoms with Gasteiger partial charge in [0, 0.05) is 24.9 Å². The number of likely N-dealkylation sites (tertiary alicyclic amines) is 1. The molecule has 0 bridgehead atoms. The lowest BCUT2D eigenvalue weighted by Crippen LogP contribution is -2.49. The summed E-state index contributed by atoms with van der Waals surface area (Å²) in [4.78, 5) is 33.3. The molecule has 1 unspecified atom stereocenters. The number of hydrogen-bond acceptors (Lipinski definition) is 5. The first-order valence-corrected chi connectivity index (χ1v) is 11.6. The van der Waals surface area contributed by atoms with Gasteiger partial charge in [0.25, 0.3) is 0 Å². The topological polar surface area (TPSA) is 62.3 Å². The van der Waals surface area contributed by atoms with E-state index in [-0.39, 0.29) is 18.2 Å². The molecule has 0 aliphatic carbocycles. The van der Waals surface area contributed by atoms with Gasteiger partial charge in [0.15, 0.2) is 0 Å². The summed E-state index contributed by atoms with van der Waals surface area (Å²) >= 11 is 3.18. The lowest BCUT2D eigenvalue weighted by atomic mass is 10.0. The van der Waals surface area contributed by atoms with Crippen LogP contribution in [0.5, 0.6) is 0 Å². The molecule has 1 fully saturated rings. The maximum absolute atomic E-state index is 13.0. The van der Waals surface area contributed by atoms with Crippen LogP contribution in [-0.4, -0.2) is 40.8 Å². The van der Waals surface area contributed by atoms with E-state index in [0.717, 1.165) is 47.1 Å². The summed E-state index contributed by atoms with van der Waals surface area (Å²) in [6, 6.07) is 13.3. The minimum atomic E-state index is -0.543. The predicted octanol–water partition coefficient (Wildman–Crippen LogP) is 3.76. The molecule has 5 nitrogen and oxygen atoms in total. The van der Waals surface area contributed by atoms with Gasteiger partial charge in [-0.05, 0) is 29.9 Å². The molecule has 2 aromatic heterocycles. The number of carbonyl (C=O) groups excluding carboxylic acids is 2. The first-order chi connectivity index (χ1) is 14.2. The molecule has 0 spiro atoms. The molecule has 1 aromatic carbocycles. The predicted molar refractivity (Wildman–Crippen MR) is 117 cm³/mol. The smallest absolute Gasteiger partial charge is 0.245 e. The van der Waals surface area contributed by atoms with Crippen molar-refractivity contribution in [2.45, 2.75) is 31.7 Å². The standard InChI is InChI=1S/C22H23N3O2S2/c26-20(14-17-15-29-21(23-17)19-9-6-12-28-19)24-18(13-16-7-2-1-3-8-16)22(27)25-10-4-5-11-25/h1-3,6-9,12,15,18H,4-5,10-11,13-14H2,(H,24,26). The highest BCUT2D eigenvalue weighted by molar-refractivity contribution is 7.20. The van der Waals surface area contributed by atoms with Gasteiger partial charge in [0.05, 0.1) is 17.0 Å². The van der Waals surface area contributed by atoms with E-state index < -0.39 is 6.04 Å². The Kier molecular flexibility index (Phi) is 6.36. The lowest BCUT2D eigenvalue weighted by molar-refractivity contribution is -0.135. The van der Waals surface area contributed by atoms with Crippen LogP contribution >= 0.6 is 22.7 Å². The van der Waals surface area contributed by atoms with Crippen LogP contribution in [0.1, 0.15) is 24.1 Å². The van der Waals surface area contributed by atoms with E-state index in [4.69, 9.17) is 0 Å². The monoisotopic (exact) mass is 425 g/mol. The largest absolute Gasteiger partial charge is 0.344 e. The maximum Gasteiger partial charge on any atom is 0.245 e. The molecule has 3 heterocycles. The zero-order valence-corrected chi connectivity index (χ0v) is 17.7. The van der Waals surface area contributed by atoms with E-state index in [9.17, 15) is 9.59 Å². The van der Waals surface area contributed by atoms with Gasteiger partial charge >= 0.3 is 0 Å². The maximum atomic E-state index is 13.0. The minimum Gasteiger partial charge on any atom is -0.344 e. The summed E-state index contributed by atoms with van der Waals surface area (Å²) in [6.07, 6.45) is 2.74. The van der Waals surface area contributed by atoms with Gasteiger partial charge in [0.1, 0.15) is 11.0 Å². The van der Waals surface area contributed by atoms with Crippen molar-refractivity contribution in [2.24, 2.45) is 0 Å². The zero-order chi connectivity index (χ0) is 20.1. The Morgan fingerprint density at radius 1 is 1.07 bits per heavy atom. The number of hydrogen-bond donors (Lipinski definition) is 1. The fraction of sp³-hybridized carbons (Fsp3) is 0.318. The van der Waals surface area contributed by atoms with E-state index >= 15 is 0 Å². The van der Waals surface area contributed by atoms with Crippen LogP contribution in [0.4, 0.5) is 0 Å². The van der Waals surface area contributed by atoms with Crippen molar-refractivity contribution in [3.63, 3.8) is 0 Å². The van der Waals surface area contributed by atoms with Gasteiger partial charge in [-0.2, -0.15) is 0 Å². The Bertz CT molecular complexity index is 948. The molecular weight excluding hydrogens is 402 g/mol. The van der Waals surface area contributed by atoms with Crippen molar-refractivity contribution in [3.8, 4) is 9.88 Å². The second-order valence-electron chi connectivity index (χ2n) is 7.14. The van der Waals surface area contributed by atoms with Crippen molar-refractivity contribution in [3.05, 3.63) is 64.5 Å². The van der Waals surface area contributed by atoms with E-state index in [2.05, 4.69) is 10.3 Å². The molecule has 29 heavy (non-hydrogen) atoms. The molecule has 4 rings (SSSR count). The number of thiazole rings is 1. The van der Waals surface area contributed by atoms with Gasteiger partial charge in [-0.15, -0.1) is 22.7 Å². The fourth-order valence-electron chi connectivity index (χ4n) is 3.52. The minimum absolute atomic E-state index is 0.0113. The summed E-state index contributed by atoms with van der Waals surface area (Å²) < 4.78 is 0. The Balaban J connectivity index is 1.43. The molecule has 150 valence electrons. The summed E-state index contributed by atoms with van der Waals surface area (Å²) in [5.74, 6) is -0.154. The second-order valence-corrected chi connectivity index (χ2v) is 8.95. The van der Waals surface area contributed by atoms with Crippen molar-refractivity contribution < 1.29 is 9.59 Å². The molecule has 1 aliphatic rings. The van der Waals surface area contributed by atoms with Crippen LogP contribution < -0.4 is 5.32 Å². The normalized spacial score (nSPS) is 14.7. The van der Waals surface area contributed by atoms with Gasteiger partial charge < -0.3 is 10.2 Å². The molecule has 7 heteroatoms. The lowest BCUT2D eigenvalue weighted by Gasteiger charge is -2.24. The number of benzene rings is 1. The van der Waals surface area contributed by atoms with Crippen LogP contribution in [0.15, 0.2) is 53.2 Å². The number of carbonyl (C=O) groups is 2. The highest BCUT2D eigenvalue weighted by Crippen LogP contribution is 2.27. The Morgan fingerprint density at radius 3 is 2.59 bits per heavy atom. The quantitative estimate of drug-likeness (QED) is 0.627. The number of aromatic nitrogens is 1. The molecule has 1 aliphatic heterocycles. The SMILES string of the molecule is O=C(Cc1csc(-c2cccs2)n1)NC(Cc1ccccc1)C(=O)N1CCCC1. The first kappa shape index (κ1) is 19.8. The highest BCUT2D eigenvalue weighted by atomic mass is 32.1. The van der Waals surface area contributed by atoms with E-state index in [1.807, 2.05) is 58.1 Å². The molecule has 1 atom stereocenters. The summed E-state index contributed by atoms with van der Waals surface area (Å²) in [7, 11) is 0. The fourth-order valence-corrected chi connectivity index (χ4v) is 5.15. The number of thiophene rings is 1. The summed E-state index contributed by atoms with van der Waals surface area (Å²) in [5.41, 5.74) is 1.78. The van der Waals surface area contributed by atoms with Crippen LogP contribution in [0.25, 0.3) is 9.88 Å². The summed E-state index contributed by atoms with van der Waals surface area (Å²) in [6.45, 7) is 1.55. The number of rotatable bonds is 7. The molecule has 0 saturated carbocycles. The van der Waals surface area contributed by atoms with Crippen molar-refractivity contribution >= 4 is 34.5 Å². The van der Waals surface area contributed by atoms with Crippen LogP contribution in [0.2, 0.25) is 0 Å². The highest BCUT2D eigenvalue weighted by Gasteiger charge is 2.28. The van der Waals surface area contributed by atoms with Crippen molar-refractivity contribution in [1.29, 1.82) is 0 Å². The van der Waals surface area contributed by atoms with Crippen LogP contribution in [-0.2, 0) is 22.4 Å². The Hall–Kier alpha value is -2.51. The third-order valence-electron chi connectivity index (χ3n) is 4.96. The molecule has 1 N–H and O–H groups in total. The third kappa shape index (κ3) is 5.10. The number of amides is 2. The first-order valence-electron chi connectivity index (χ1n) is 9.79. The van der Waals surface area contributed by atoms with Crippen LogP contribution in [0, 0.1) is 0 Å². The molecule has 3 aromatic rings. The van der Waals surface area contributed by atoms with Crippen molar-refractivity contribution in [2.75, 3.05) is 13.1 Å². The number of nitrogens with zero attached hydrogens (tertiary/aromatic N) is 2. The Labute approximate surface area is 178 Å². The second kappa shape index (κ2) is 9.33. The average molecular weight is 426 g/mol. The van der Waals surface area contributed by atoms with E-state index in [0.29, 0.717) is 6.42 Å². The van der Waals surface area contributed by atoms with E-state index in [1.54, 1.807) is 22.7 Å². The van der Waals surface area contributed by atoms with Crippen LogP contribution in [0.3, 0.4) is 0 Å². The van der Waals surface area contributed by atoms with Gasteiger partial charge in [0.2, 0.25) is 11.8 Å². The van der Waals surface area contributed by atoms with Gasteiger partial charge in [-0.25, -0.2) is 4.98 Å². The Morgan fingerprint density at radius 2 is 1.86 bits per heavy atom. The van der Waals surface area contributed by atoms with Gasteiger partial charge in [-0.1, -0.05) is 36.4 Å². The van der Waals surface area contributed by atoms with Crippen molar-refractivity contribution in [1.82, 2.24) is 15.2 Å². The van der Waals surface area contributed by atoms with E-state index in [1.165, 1.54) is 0 Å². The third-order valence-corrected chi connectivity index (χ3v) is 6.89. The number of nitrogens with one attached hydrogen (secondary N) is 1. The molecule has 2 amide bonds. The molecule has 1 saturated heterocycles.